The number of hydrogen-bond donors (Lipinski definition) is 2. The smallest absolute Gasteiger partial charge is 0.170 e. The van der Waals surface area contributed by atoms with E-state index >= 15 is 0 Å². The Kier molecular flexibility index (Phi) is 5.62. The largest absolute Gasteiger partial charge is 0.409 e. The van der Waals surface area contributed by atoms with Crippen LogP contribution in [0.3, 0.4) is 0 Å². The molecule has 18 heavy (non-hydrogen) atoms. The van der Waals surface area contributed by atoms with Gasteiger partial charge < -0.3 is 15.8 Å². The Morgan fingerprint density at radius 2 is 2.28 bits per heavy atom. The van der Waals surface area contributed by atoms with E-state index in [-0.39, 0.29) is 5.84 Å². The summed E-state index contributed by atoms with van der Waals surface area (Å²) in [5, 5.41) is 12.2. The third-order valence-electron chi connectivity index (χ3n) is 2.80. The number of rotatable bonds is 5. The maximum Gasteiger partial charge on any atom is 0.170 e. The lowest BCUT2D eigenvalue weighted by atomic mass is 10.1. The molecule has 0 amide bonds. The van der Waals surface area contributed by atoms with Gasteiger partial charge in [0, 0.05) is 24.4 Å². The highest BCUT2D eigenvalue weighted by Crippen LogP contribution is 2.27. The van der Waals surface area contributed by atoms with Crippen LogP contribution in [0, 0.1) is 0 Å². The Hall–Kier alpha value is -1.07. The van der Waals surface area contributed by atoms with E-state index in [0.29, 0.717) is 16.6 Å². The molecule has 0 bridgehead atoms. The number of anilines is 1. The number of nitrogens with two attached hydrogens (primary N) is 1. The molecule has 0 radical (unpaired) electrons. The van der Waals surface area contributed by atoms with E-state index in [1.54, 1.807) is 23.9 Å². The Morgan fingerprint density at radius 3 is 2.78 bits per heavy atom. The van der Waals surface area contributed by atoms with Crippen molar-refractivity contribution in [3.05, 3.63) is 28.8 Å². The highest BCUT2D eigenvalue weighted by atomic mass is 35.5. The highest BCUT2D eigenvalue weighted by molar-refractivity contribution is 7.98. The van der Waals surface area contributed by atoms with E-state index in [0.717, 1.165) is 11.4 Å². The van der Waals surface area contributed by atoms with Crippen LogP contribution < -0.4 is 10.6 Å². The molecule has 0 spiro atoms. The molecule has 3 N–H and O–H groups in total. The second kappa shape index (κ2) is 6.75. The van der Waals surface area contributed by atoms with Gasteiger partial charge in [-0.1, -0.05) is 16.8 Å². The predicted molar refractivity (Wildman–Crippen MR) is 80.2 cm³/mol. The summed E-state index contributed by atoms with van der Waals surface area (Å²) in [5.74, 6) is 1.08. The third-order valence-corrected chi connectivity index (χ3v) is 3.92. The SMILES string of the molecule is CSCC(C)N(C)c1ccc(/C(N)=N/O)cc1Cl. The van der Waals surface area contributed by atoms with Gasteiger partial charge in [-0.3, -0.25) is 0 Å². The Labute approximate surface area is 117 Å². The molecule has 1 rings (SSSR count). The second-order valence-electron chi connectivity index (χ2n) is 4.07. The molecule has 0 aliphatic heterocycles. The van der Waals surface area contributed by atoms with Gasteiger partial charge in [-0.25, -0.2) is 0 Å². The van der Waals surface area contributed by atoms with E-state index in [1.165, 1.54) is 0 Å². The van der Waals surface area contributed by atoms with Crippen LogP contribution in [0.25, 0.3) is 0 Å². The number of oxime groups is 1. The molecule has 1 aromatic rings. The fraction of sp³-hybridized carbons (Fsp3) is 0.417. The predicted octanol–water partition coefficient (Wildman–Crippen LogP) is 2.62. The molecule has 0 aliphatic carbocycles. The van der Waals surface area contributed by atoms with E-state index in [9.17, 15) is 0 Å². The van der Waals surface area contributed by atoms with E-state index in [4.69, 9.17) is 22.5 Å². The van der Waals surface area contributed by atoms with Gasteiger partial charge in [0.05, 0.1) is 10.7 Å². The number of benzene rings is 1. The second-order valence-corrected chi connectivity index (χ2v) is 5.38. The van der Waals surface area contributed by atoms with Crippen molar-refractivity contribution in [1.29, 1.82) is 0 Å². The molecule has 1 atom stereocenters. The van der Waals surface area contributed by atoms with Crippen LogP contribution in [0.1, 0.15) is 12.5 Å². The van der Waals surface area contributed by atoms with Crippen LogP contribution in [-0.4, -0.2) is 36.1 Å². The molecule has 0 heterocycles. The van der Waals surface area contributed by atoms with Crippen LogP contribution >= 0.6 is 23.4 Å². The average molecular weight is 288 g/mol. The van der Waals surface area contributed by atoms with Gasteiger partial charge in [0.2, 0.25) is 0 Å². The Bertz CT molecular complexity index is 439. The highest BCUT2D eigenvalue weighted by Gasteiger charge is 2.13. The van der Waals surface area contributed by atoms with Gasteiger partial charge in [-0.05, 0) is 31.4 Å². The molecular weight excluding hydrogens is 270 g/mol. The maximum absolute atomic E-state index is 8.62. The molecule has 4 nitrogen and oxygen atoms in total. The summed E-state index contributed by atoms with van der Waals surface area (Å²) in [7, 11) is 2.01. The molecule has 0 fully saturated rings. The normalized spacial score (nSPS) is 13.4. The van der Waals surface area contributed by atoms with Crippen molar-refractivity contribution in [2.75, 3.05) is 24.0 Å². The minimum atomic E-state index is 0.0586. The molecule has 0 saturated carbocycles. The quantitative estimate of drug-likeness (QED) is 0.378. The van der Waals surface area contributed by atoms with Gasteiger partial charge in [0.1, 0.15) is 0 Å². The van der Waals surface area contributed by atoms with E-state index in [1.807, 2.05) is 13.1 Å². The molecule has 1 unspecified atom stereocenters. The van der Waals surface area contributed by atoms with Gasteiger partial charge in [0.15, 0.2) is 5.84 Å². The minimum absolute atomic E-state index is 0.0586. The number of hydrogen-bond acceptors (Lipinski definition) is 4. The summed E-state index contributed by atoms with van der Waals surface area (Å²) in [6.07, 6.45) is 2.08. The van der Waals surface area contributed by atoms with Crippen molar-refractivity contribution < 1.29 is 5.21 Å². The third kappa shape index (κ3) is 3.46. The number of nitrogens with zero attached hydrogens (tertiary/aromatic N) is 2. The number of amidine groups is 1. The molecular formula is C12H18ClN3OS. The zero-order valence-corrected chi connectivity index (χ0v) is 12.3. The van der Waals surface area contributed by atoms with Crippen LogP contribution in [0.4, 0.5) is 5.69 Å². The fourth-order valence-electron chi connectivity index (χ4n) is 1.60. The summed E-state index contributed by atoms with van der Waals surface area (Å²) in [4.78, 5) is 2.12. The van der Waals surface area contributed by atoms with Crippen molar-refractivity contribution in [3.8, 4) is 0 Å². The van der Waals surface area contributed by atoms with Gasteiger partial charge in [-0.15, -0.1) is 0 Å². The van der Waals surface area contributed by atoms with Crippen molar-refractivity contribution >= 4 is 34.9 Å². The minimum Gasteiger partial charge on any atom is -0.409 e. The lowest BCUT2D eigenvalue weighted by Crippen LogP contribution is -2.31. The van der Waals surface area contributed by atoms with Crippen molar-refractivity contribution in [2.24, 2.45) is 10.9 Å². The maximum atomic E-state index is 8.62. The molecule has 1 aromatic carbocycles. The van der Waals surface area contributed by atoms with E-state index < -0.39 is 0 Å². The van der Waals surface area contributed by atoms with Crippen LogP contribution in [0.15, 0.2) is 23.4 Å². The zero-order chi connectivity index (χ0) is 13.7. The Balaban J connectivity index is 2.98. The monoisotopic (exact) mass is 287 g/mol. The standard InChI is InChI=1S/C12H18ClN3OS/c1-8(7-18-3)16(2)11-5-4-9(6-10(11)13)12(14)15-17/h4-6,8,17H,7H2,1-3H3,(H2,14,15). The average Bonchev–Trinajstić information content (AvgIpc) is 2.37. The number of thioether (sulfide) groups is 1. The summed E-state index contributed by atoms with van der Waals surface area (Å²) >= 11 is 8.02. The summed E-state index contributed by atoms with van der Waals surface area (Å²) < 4.78 is 0. The van der Waals surface area contributed by atoms with Gasteiger partial charge >= 0.3 is 0 Å². The molecule has 0 aromatic heterocycles. The fourth-order valence-corrected chi connectivity index (χ4v) is 2.62. The summed E-state index contributed by atoms with van der Waals surface area (Å²) in [6, 6.07) is 5.76. The molecule has 0 saturated heterocycles. The van der Waals surface area contributed by atoms with Crippen LogP contribution in [0.2, 0.25) is 5.02 Å². The first-order chi connectivity index (χ1) is 8.51. The van der Waals surface area contributed by atoms with Crippen molar-refractivity contribution in [3.63, 3.8) is 0 Å². The van der Waals surface area contributed by atoms with Crippen LogP contribution in [-0.2, 0) is 0 Å². The molecule has 0 aliphatic rings. The zero-order valence-electron chi connectivity index (χ0n) is 10.7. The Morgan fingerprint density at radius 1 is 1.61 bits per heavy atom. The lowest BCUT2D eigenvalue weighted by Gasteiger charge is -2.27. The lowest BCUT2D eigenvalue weighted by molar-refractivity contribution is 0.318. The van der Waals surface area contributed by atoms with E-state index in [2.05, 4.69) is 23.2 Å². The van der Waals surface area contributed by atoms with Crippen molar-refractivity contribution in [1.82, 2.24) is 0 Å². The first-order valence-corrected chi connectivity index (χ1v) is 7.27. The summed E-state index contributed by atoms with van der Waals surface area (Å²) in [6.45, 7) is 2.14. The summed E-state index contributed by atoms with van der Waals surface area (Å²) in [5.41, 5.74) is 7.07. The van der Waals surface area contributed by atoms with Crippen LogP contribution in [0.5, 0.6) is 0 Å². The van der Waals surface area contributed by atoms with Gasteiger partial charge in [0.25, 0.3) is 0 Å². The first kappa shape index (κ1) is 15.0. The molecule has 6 heteroatoms. The number of halogens is 1. The first-order valence-electron chi connectivity index (χ1n) is 5.50. The topological polar surface area (TPSA) is 61.8 Å². The van der Waals surface area contributed by atoms with Gasteiger partial charge in [-0.2, -0.15) is 11.8 Å². The van der Waals surface area contributed by atoms with Crippen molar-refractivity contribution in [2.45, 2.75) is 13.0 Å². The molecule has 100 valence electrons.